The van der Waals surface area contributed by atoms with Crippen molar-refractivity contribution in [2.75, 3.05) is 5.75 Å². The van der Waals surface area contributed by atoms with E-state index >= 15 is 0 Å². The van der Waals surface area contributed by atoms with E-state index in [0.29, 0.717) is 12.3 Å². The van der Waals surface area contributed by atoms with E-state index in [4.69, 9.17) is 0 Å². The molecule has 0 N–H and O–H groups in total. The molecule has 16 heavy (non-hydrogen) atoms. The second kappa shape index (κ2) is 6.74. The fourth-order valence-corrected chi connectivity index (χ4v) is 2.58. The van der Waals surface area contributed by atoms with Gasteiger partial charge in [0, 0.05) is 22.6 Å². The molecular formula is C14H20OS. The van der Waals surface area contributed by atoms with Gasteiger partial charge in [-0.1, -0.05) is 45.4 Å². The molecular weight excluding hydrogens is 216 g/mol. The lowest BCUT2D eigenvalue weighted by Gasteiger charge is -2.10. The van der Waals surface area contributed by atoms with Gasteiger partial charge in [-0.25, -0.2) is 0 Å². The topological polar surface area (TPSA) is 17.1 Å². The molecule has 2 heteroatoms. The van der Waals surface area contributed by atoms with Crippen LogP contribution < -0.4 is 0 Å². The SMILES string of the molecule is CCC(=O)c1ccccc1SCC(C)CC. The van der Waals surface area contributed by atoms with Crippen molar-refractivity contribution < 1.29 is 4.79 Å². The number of hydrogen-bond acceptors (Lipinski definition) is 2. The first-order valence-electron chi connectivity index (χ1n) is 5.94. The van der Waals surface area contributed by atoms with Crippen LogP contribution in [0, 0.1) is 5.92 Å². The summed E-state index contributed by atoms with van der Waals surface area (Å²) in [6.45, 7) is 6.37. The highest BCUT2D eigenvalue weighted by molar-refractivity contribution is 7.99. The normalized spacial score (nSPS) is 12.4. The molecule has 0 aliphatic carbocycles. The third-order valence-electron chi connectivity index (χ3n) is 2.73. The van der Waals surface area contributed by atoms with Crippen LogP contribution in [0.25, 0.3) is 0 Å². The molecule has 0 bridgehead atoms. The summed E-state index contributed by atoms with van der Waals surface area (Å²) in [5.74, 6) is 2.03. The van der Waals surface area contributed by atoms with E-state index in [1.807, 2.05) is 25.1 Å². The molecule has 1 rings (SSSR count). The molecule has 0 aliphatic heterocycles. The van der Waals surface area contributed by atoms with Crippen LogP contribution in [0.3, 0.4) is 0 Å². The van der Waals surface area contributed by atoms with Crippen LogP contribution in [0.4, 0.5) is 0 Å². The lowest BCUT2D eigenvalue weighted by molar-refractivity contribution is 0.0985. The molecule has 88 valence electrons. The van der Waals surface area contributed by atoms with Gasteiger partial charge in [-0.05, 0) is 12.0 Å². The van der Waals surface area contributed by atoms with Gasteiger partial charge in [0.2, 0.25) is 0 Å². The van der Waals surface area contributed by atoms with E-state index in [2.05, 4.69) is 19.9 Å². The van der Waals surface area contributed by atoms with Gasteiger partial charge in [-0.2, -0.15) is 0 Å². The minimum Gasteiger partial charge on any atom is -0.294 e. The lowest BCUT2D eigenvalue weighted by Crippen LogP contribution is -2.01. The van der Waals surface area contributed by atoms with E-state index in [1.54, 1.807) is 11.8 Å². The molecule has 1 atom stereocenters. The van der Waals surface area contributed by atoms with Gasteiger partial charge in [0.15, 0.2) is 5.78 Å². The Bertz CT molecular complexity index is 346. The van der Waals surface area contributed by atoms with Gasteiger partial charge in [-0.15, -0.1) is 11.8 Å². The standard InChI is InChI=1S/C14H20OS/c1-4-11(3)10-16-14-9-7-6-8-12(14)13(15)5-2/h6-9,11H,4-5,10H2,1-3H3. The summed E-state index contributed by atoms with van der Waals surface area (Å²) in [5, 5.41) is 0. The molecule has 0 spiro atoms. The Morgan fingerprint density at radius 1 is 1.31 bits per heavy atom. The number of rotatable bonds is 6. The van der Waals surface area contributed by atoms with Gasteiger partial charge in [0.05, 0.1) is 0 Å². The largest absolute Gasteiger partial charge is 0.294 e. The molecule has 0 aliphatic rings. The lowest BCUT2D eigenvalue weighted by atomic mass is 10.1. The highest BCUT2D eigenvalue weighted by Gasteiger charge is 2.10. The number of Topliss-reactive ketones (excluding diaryl/α,β-unsaturated/α-hetero) is 1. The highest BCUT2D eigenvalue weighted by atomic mass is 32.2. The summed E-state index contributed by atoms with van der Waals surface area (Å²) >= 11 is 1.80. The Morgan fingerprint density at radius 3 is 2.62 bits per heavy atom. The first-order valence-corrected chi connectivity index (χ1v) is 6.92. The maximum Gasteiger partial charge on any atom is 0.163 e. The highest BCUT2D eigenvalue weighted by Crippen LogP contribution is 2.26. The molecule has 1 nitrogen and oxygen atoms in total. The van der Waals surface area contributed by atoms with Crippen LogP contribution in [0.15, 0.2) is 29.2 Å². The number of ketones is 1. The fourth-order valence-electron chi connectivity index (χ4n) is 1.36. The van der Waals surface area contributed by atoms with Crippen molar-refractivity contribution in [2.45, 2.75) is 38.5 Å². The van der Waals surface area contributed by atoms with Crippen molar-refractivity contribution >= 4 is 17.5 Å². The molecule has 0 fully saturated rings. The van der Waals surface area contributed by atoms with Gasteiger partial charge in [-0.3, -0.25) is 4.79 Å². The minimum atomic E-state index is 0.243. The van der Waals surface area contributed by atoms with Crippen molar-refractivity contribution in [3.63, 3.8) is 0 Å². The molecule has 0 saturated heterocycles. The average Bonchev–Trinajstić information content (AvgIpc) is 2.35. The summed E-state index contributed by atoms with van der Waals surface area (Å²) in [4.78, 5) is 12.9. The molecule has 0 aromatic heterocycles. The summed E-state index contributed by atoms with van der Waals surface area (Å²) in [6, 6.07) is 7.93. The number of carbonyl (C=O) groups is 1. The van der Waals surface area contributed by atoms with Crippen molar-refractivity contribution in [1.82, 2.24) is 0 Å². The second-order valence-electron chi connectivity index (χ2n) is 4.10. The second-order valence-corrected chi connectivity index (χ2v) is 5.16. The van der Waals surface area contributed by atoms with E-state index in [0.717, 1.165) is 16.2 Å². The Kier molecular flexibility index (Phi) is 5.61. The predicted octanol–water partition coefficient (Wildman–Crippen LogP) is 4.42. The van der Waals surface area contributed by atoms with Gasteiger partial charge in [0.25, 0.3) is 0 Å². The summed E-state index contributed by atoms with van der Waals surface area (Å²) in [7, 11) is 0. The fraction of sp³-hybridized carbons (Fsp3) is 0.500. The third kappa shape index (κ3) is 3.67. The zero-order chi connectivity index (χ0) is 12.0. The molecule has 0 amide bonds. The smallest absolute Gasteiger partial charge is 0.163 e. The van der Waals surface area contributed by atoms with E-state index in [1.165, 1.54) is 6.42 Å². The van der Waals surface area contributed by atoms with Gasteiger partial charge in [0.1, 0.15) is 0 Å². The third-order valence-corrected chi connectivity index (χ3v) is 4.13. The zero-order valence-corrected chi connectivity index (χ0v) is 11.1. The van der Waals surface area contributed by atoms with Crippen LogP contribution in [-0.4, -0.2) is 11.5 Å². The van der Waals surface area contributed by atoms with Crippen molar-refractivity contribution in [2.24, 2.45) is 5.92 Å². The van der Waals surface area contributed by atoms with Crippen LogP contribution in [0.1, 0.15) is 44.0 Å². The minimum absolute atomic E-state index is 0.243. The maximum absolute atomic E-state index is 11.7. The number of carbonyl (C=O) groups excluding carboxylic acids is 1. The number of hydrogen-bond donors (Lipinski definition) is 0. The first kappa shape index (κ1) is 13.3. The van der Waals surface area contributed by atoms with E-state index in [-0.39, 0.29) is 5.78 Å². The van der Waals surface area contributed by atoms with E-state index < -0.39 is 0 Å². The average molecular weight is 236 g/mol. The Hall–Kier alpha value is -0.760. The molecule has 1 unspecified atom stereocenters. The monoisotopic (exact) mass is 236 g/mol. The Balaban J connectivity index is 2.75. The van der Waals surface area contributed by atoms with Crippen molar-refractivity contribution in [3.8, 4) is 0 Å². The molecule has 1 aromatic carbocycles. The summed E-state index contributed by atoms with van der Waals surface area (Å²) in [5.41, 5.74) is 0.887. The Morgan fingerprint density at radius 2 is 2.00 bits per heavy atom. The number of benzene rings is 1. The van der Waals surface area contributed by atoms with Crippen LogP contribution in [0.2, 0.25) is 0 Å². The molecule has 0 radical (unpaired) electrons. The first-order chi connectivity index (χ1) is 7.69. The Labute approximate surface area is 103 Å². The quantitative estimate of drug-likeness (QED) is 0.537. The number of thioether (sulfide) groups is 1. The van der Waals surface area contributed by atoms with E-state index in [9.17, 15) is 4.79 Å². The van der Waals surface area contributed by atoms with Crippen LogP contribution in [0.5, 0.6) is 0 Å². The van der Waals surface area contributed by atoms with Gasteiger partial charge < -0.3 is 0 Å². The summed E-state index contributed by atoms with van der Waals surface area (Å²) in [6.07, 6.45) is 1.78. The zero-order valence-electron chi connectivity index (χ0n) is 10.3. The molecule has 0 saturated carbocycles. The molecule has 1 aromatic rings. The summed E-state index contributed by atoms with van der Waals surface area (Å²) < 4.78 is 0. The van der Waals surface area contributed by atoms with Gasteiger partial charge >= 0.3 is 0 Å². The molecule has 0 heterocycles. The van der Waals surface area contributed by atoms with Crippen LogP contribution in [-0.2, 0) is 0 Å². The van der Waals surface area contributed by atoms with Crippen molar-refractivity contribution in [1.29, 1.82) is 0 Å². The maximum atomic E-state index is 11.7. The predicted molar refractivity (Wildman–Crippen MR) is 71.2 cm³/mol. The van der Waals surface area contributed by atoms with Crippen LogP contribution >= 0.6 is 11.8 Å². The van der Waals surface area contributed by atoms with Crippen molar-refractivity contribution in [3.05, 3.63) is 29.8 Å².